The van der Waals surface area contributed by atoms with Gasteiger partial charge in [-0.2, -0.15) is 0 Å². The molecule has 0 spiro atoms. The van der Waals surface area contributed by atoms with Gasteiger partial charge in [0, 0.05) is 6.61 Å². The average molecular weight is 405 g/mol. The summed E-state index contributed by atoms with van der Waals surface area (Å²) in [6, 6.07) is 22.8. The first-order valence-electron chi connectivity index (χ1n) is 10.4. The summed E-state index contributed by atoms with van der Waals surface area (Å²) >= 11 is 0. The van der Waals surface area contributed by atoms with Crippen molar-refractivity contribution in [2.45, 2.75) is 33.3 Å². The highest BCUT2D eigenvalue weighted by Gasteiger charge is 2.11. The molecule has 3 rings (SSSR count). The summed E-state index contributed by atoms with van der Waals surface area (Å²) in [6.07, 6.45) is 0.984. The van der Waals surface area contributed by atoms with Gasteiger partial charge in [-0.1, -0.05) is 43.3 Å². The maximum absolute atomic E-state index is 12.4. The minimum Gasteiger partial charge on any atom is -0.494 e. The summed E-state index contributed by atoms with van der Waals surface area (Å²) in [7, 11) is 0. The smallest absolute Gasteiger partial charge is 0.343 e. The summed E-state index contributed by atoms with van der Waals surface area (Å²) in [5.41, 5.74) is 3.67. The fourth-order valence-corrected chi connectivity index (χ4v) is 3.08. The highest BCUT2D eigenvalue weighted by molar-refractivity contribution is 5.91. The van der Waals surface area contributed by atoms with Crippen LogP contribution in [0.3, 0.4) is 0 Å². The predicted molar refractivity (Wildman–Crippen MR) is 119 cm³/mol. The van der Waals surface area contributed by atoms with Crippen LogP contribution >= 0.6 is 0 Å². The van der Waals surface area contributed by atoms with Crippen LogP contribution in [0.4, 0.5) is 0 Å². The molecule has 4 nitrogen and oxygen atoms in total. The zero-order chi connectivity index (χ0) is 21.3. The third-order valence-corrected chi connectivity index (χ3v) is 4.76. The first kappa shape index (κ1) is 21.6. The average Bonchev–Trinajstić information content (AvgIpc) is 2.79. The van der Waals surface area contributed by atoms with Gasteiger partial charge >= 0.3 is 5.97 Å². The summed E-state index contributed by atoms with van der Waals surface area (Å²) in [6.45, 7) is 7.40. The van der Waals surface area contributed by atoms with Crippen molar-refractivity contribution in [3.8, 4) is 22.6 Å². The fraction of sp³-hybridized carbons (Fsp3) is 0.269. The Bertz CT molecular complexity index is 928. The Morgan fingerprint density at radius 1 is 0.800 bits per heavy atom. The van der Waals surface area contributed by atoms with Crippen molar-refractivity contribution in [1.82, 2.24) is 0 Å². The van der Waals surface area contributed by atoms with Crippen molar-refractivity contribution in [3.63, 3.8) is 0 Å². The predicted octanol–water partition coefficient (Wildman–Crippen LogP) is 6.46. The van der Waals surface area contributed by atoms with Crippen LogP contribution in [0.2, 0.25) is 0 Å². The Balaban J connectivity index is 1.61. The van der Waals surface area contributed by atoms with Crippen LogP contribution < -0.4 is 9.47 Å². The lowest BCUT2D eigenvalue weighted by Gasteiger charge is -2.12. The van der Waals surface area contributed by atoms with E-state index in [0.29, 0.717) is 24.5 Å². The lowest BCUT2D eigenvalue weighted by molar-refractivity contribution is 0.0729. The maximum Gasteiger partial charge on any atom is 0.343 e. The van der Waals surface area contributed by atoms with Crippen LogP contribution in [-0.2, 0) is 4.74 Å². The third-order valence-electron chi connectivity index (χ3n) is 4.76. The number of ether oxygens (including phenoxy) is 3. The molecule has 1 atom stereocenters. The van der Waals surface area contributed by atoms with Gasteiger partial charge < -0.3 is 14.2 Å². The van der Waals surface area contributed by atoms with E-state index in [2.05, 4.69) is 6.92 Å². The molecule has 0 amide bonds. The van der Waals surface area contributed by atoms with Crippen LogP contribution in [0, 0.1) is 0 Å². The van der Waals surface area contributed by atoms with E-state index in [0.717, 1.165) is 28.9 Å². The Kier molecular flexibility index (Phi) is 7.63. The normalized spacial score (nSPS) is 11.7. The molecule has 0 N–H and O–H groups in total. The molecule has 0 aliphatic heterocycles. The van der Waals surface area contributed by atoms with Gasteiger partial charge in [-0.15, -0.1) is 0 Å². The largest absolute Gasteiger partial charge is 0.494 e. The van der Waals surface area contributed by atoms with Crippen LogP contribution in [0.25, 0.3) is 11.1 Å². The van der Waals surface area contributed by atoms with E-state index in [9.17, 15) is 4.79 Å². The highest BCUT2D eigenvalue weighted by atomic mass is 16.5. The standard InChI is InChI=1S/C26H28O4/c1-4-18-29-24-14-10-21(11-15-24)22-12-16-25(17-13-22)30-26(27)23-8-6-20(7-9-23)19(3)28-5-2/h6-17,19H,4-5,18H2,1-3H3. The third kappa shape index (κ3) is 5.71. The van der Waals surface area contributed by atoms with Gasteiger partial charge in [-0.25, -0.2) is 4.79 Å². The molecule has 0 aromatic heterocycles. The molecule has 0 aliphatic rings. The minimum atomic E-state index is -0.379. The first-order chi connectivity index (χ1) is 14.6. The summed E-state index contributed by atoms with van der Waals surface area (Å²) in [4.78, 5) is 12.4. The van der Waals surface area contributed by atoms with Crippen molar-refractivity contribution in [2.75, 3.05) is 13.2 Å². The molecule has 0 heterocycles. The van der Waals surface area contributed by atoms with Crippen molar-refractivity contribution in [2.24, 2.45) is 0 Å². The second-order valence-corrected chi connectivity index (χ2v) is 7.01. The molecule has 4 heteroatoms. The van der Waals surface area contributed by atoms with Crippen molar-refractivity contribution >= 4 is 5.97 Å². The minimum absolute atomic E-state index is 0.000104. The molecule has 3 aromatic rings. The molecule has 1 unspecified atom stereocenters. The number of esters is 1. The van der Waals surface area contributed by atoms with Crippen molar-refractivity contribution < 1.29 is 19.0 Å². The molecular weight excluding hydrogens is 376 g/mol. The van der Waals surface area contributed by atoms with Crippen molar-refractivity contribution in [3.05, 3.63) is 83.9 Å². The number of carbonyl (C=O) groups excluding carboxylic acids is 1. The molecule has 0 fully saturated rings. The Morgan fingerprint density at radius 2 is 1.37 bits per heavy atom. The molecular formula is C26H28O4. The summed E-state index contributed by atoms with van der Waals surface area (Å²) in [5.74, 6) is 1.00. The van der Waals surface area contributed by atoms with Crippen LogP contribution in [0.15, 0.2) is 72.8 Å². The van der Waals surface area contributed by atoms with Crippen LogP contribution in [0.1, 0.15) is 49.2 Å². The Morgan fingerprint density at radius 3 is 1.90 bits per heavy atom. The number of hydrogen-bond acceptors (Lipinski definition) is 4. The van der Waals surface area contributed by atoms with Gasteiger partial charge in [0.15, 0.2) is 0 Å². The zero-order valence-corrected chi connectivity index (χ0v) is 17.8. The molecule has 156 valence electrons. The van der Waals surface area contributed by atoms with E-state index >= 15 is 0 Å². The number of benzene rings is 3. The van der Waals surface area contributed by atoms with Crippen LogP contribution in [-0.4, -0.2) is 19.2 Å². The Hall–Kier alpha value is -3.11. The molecule has 30 heavy (non-hydrogen) atoms. The molecule has 0 bridgehead atoms. The number of hydrogen-bond donors (Lipinski definition) is 0. The number of rotatable bonds is 9. The van der Waals surface area contributed by atoms with Gasteiger partial charge in [0.05, 0.1) is 18.3 Å². The monoisotopic (exact) mass is 404 g/mol. The van der Waals surface area contributed by atoms with E-state index in [1.807, 2.05) is 62.4 Å². The van der Waals surface area contributed by atoms with Gasteiger partial charge in [-0.05, 0) is 73.4 Å². The van der Waals surface area contributed by atoms with Crippen molar-refractivity contribution in [1.29, 1.82) is 0 Å². The molecule has 0 saturated carbocycles. The van der Waals surface area contributed by atoms with E-state index in [1.165, 1.54) is 0 Å². The van der Waals surface area contributed by atoms with Gasteiger partial charge in [0.1, 0.15) is 11.5 Å². The molecule has 0 aliphatic carbocycles. The summed E-state index contributed by atoms with van der Waals surface area (Å²) in [5, 5.41) is 0. The number of carbonyl (C=O) groups is 1. The maximum atomic E-state index is 12.4. The molecule has 0 saturated heterocycles. The van der Waals surface area contributed by atoms with E-state index < -0.39 is 0 Å². The topological polar surface area (TPSA) is 44.8 Å². The molecule has 0 radical (unpaired) electrons. The van der Waals surface area contributed by atoms with E-state index in [4.69, 9.17) is 14.2 Å². The van der Waals surface area contributed by atoms with Gasteiger partial charge in [0.25, 0.3) is 0 Å². The van der Waals surface area contributed by atoms with Gasteiger partial charge in [-0.3, -0.25) is 0 Å². The first-order valence-corrected chi connectivity index (χ1v) is 10.4. The zero-order valence-electron chi connectivity index (χ0n) is 17.8. The SMILES string of the molecule is CCCOc1ccc(-c2ccc(OC(=O)c3ccc(C(C)OCC)cc3)cc2)cc1. The molecule has 3 aromatic carbocycles. The fourth-order valence-electron chi connectivity index (χ4n) is 3.08. The second-order valence-electron chi connectivity index (χ2n) is 7.01. The van der Waals surface area contributed by atoms with E-state index in [-0.39, 0.29) is 12.1 Å². The highest BCUT2D eigenvalue weighted by Crippen LogP contribution is 2.25. The van der Waals surface area contributed by atoms with Gasteiger partial charge in [0.2, 0.25) is 0 Å². The Labute approximate surface area is 178 Å². The summed E-state index contributed by atoms with van der Waals surface area (Å²) < 4.78 is 16.7. The lowest BCUT2D eigenvalue weighted by atomic mass is 10.1. The van der Waals surface area contributed by atoms with Crippen LogP contribution in [0.5, 0.6) is 11.5 Å². The lowest BCUT2D eigenvalue weighted by Crippen LogP contribution is -2.09. The second kappa shape index (κ2) is 10.6. The quantitative estimate of drug-likeness (QED) is 0.303. The van der Waals surface area contributed by atoms with E-state index in [1.54, 1.807) is 24.3 Å².